The number of fused-ring (bicyclic) bond motifs is 1. The van der Waals surface area contributed by atoms with Crippen LogP contribution in [0.3, 0.4) is 0 Å². The minimum absolute atomic E-state index is 0.414. The molecule has 0 saturated heterocycles. The van der Waals surface area contributed by atoms with Gasteiger partial charge in [0.15, 0.2) is 0 Å². The van der Waals surface area contributed by atoms with Crippen molar-refractivity contribution in [2.75, 3.05) is 13.6 Å². The van der Waals surface area contributed by atoms with Gasteiger partial charge >= 0.3 is 0 Å². The standard InChI is InChI=1S/C16H19NO2S/c1-17(12-13-6-4-7-13)20(18,19)16-11-5-9-14-8-2-3-10-15(14)16/h2-3,5,8-11,13H,4,6-7,12H2,1H3. The predicted molar refractivity (Wildman–Crippen MR) is 81.1 cm³/mol. The van der Waals surface area contributed by atoms with Gasteiger partial charge in [-0.05, 0) is 30.2 Å². The molecule has 0 radical (unpaired) electrons. The fourth-order valence-electron chi connectivity index (χ4n) is 2.73. The Morgan fingerprint density at radius 3 is 2.50 bits per heavy atom. The first-order valence-electron chi connectivity index (χ1n) is 7.03. The quantitative estimate of drug-likeness (QED) is 0.866. The van der Waals surface area contributed by atoms with E-state index < -0.39 is 10.0 Å². The third kappa shape index (κ3) is 2.34. The molecule has 106 valence electrons. The number of hydrogen-bond donors (Lipinski definition) is 0. The lowest BCUT2D eigenvalue weighted by atomic mass is 9.86. The molecule has 2 aromatic carbocycles. The van der Waals surface area contributed by atoms with Crippen LogP contribution in [-0.2, 0) is 10.0 Å². The third-order valence-electron chi connectivity index (χ3n) is 4.18. The molecule has 0 bridgehead atoms. The summed E-state index contributed by atoms with van der Waals surface area (Å²) < 4.78 is 27.0. The van der Waals surface area contributed by atoms with Crippen molar-refractivity contribution in [2.24, 2.45) is 5.92 Å². The fraction of sp³-hybridized carbons (Fsp3) is 0.375. The normalized spacial score (nSPS) is 16.5. The van der Waals surface area contributed by atoms with E-state index in [9.17, 15) is 8.42 Å². The summed E-state index contributed by atoms with van der Waals surface area (Å²) in [5.41, 5.74) is 0. The van der Waals surface area contributed by atoms with E-state index in [-0.39, 0.29) is 0 Å². The number of rotatable bonds is 4. The number of sulfonamides is 1. The van der Waals surface area contributed by atoms with Crippen LogP contribution >= 0.6 is 0 Å². The second kappa shape index (κ2) is 5.19. The maximum atomic E-state index is 12.7. The first-order chi connectivity index (χ1) is 9.59. The maximum Gasteiger partial charge on any atom is 0.243 e. The van der Waals surface area contributed by atoms with E-state index >= 15 is 0 Å². The summed E-state index contributed by atoms with van der Waals surface area (Å²) in [6.07, 6.45) is 3.53. The molecule has 0 heterocycles. The Morgan fingerprint density at radius 2 is 1.80 bits per heavy atom. The van der Waals surface area contributed by atoms with Crippen molar-refractivity contribution < 1.29 is 8.42 Å². The largest absolute Gasteiger partial charge is 0.243 e. The van der Waals surface area contributed by atoms with Gasteiger partial charge in [-0.15, -0.1) is 0 Å². The van der Waals surface area contributed by atoms with Crippen LogP contribution in [0.4, 0.5) is 0 Å². The van der Waals surface area contributed by atoms with Crippen LogP contribution in [0, 0.1) is 5.92 Å². The number of benzene rings is 2. The van der Waals surface area contributed by atoms with Crippen LogP contribution in [0.5, 0.6) is 0 Å². The molecule has 0 aromatic heterocycles. The van der Waals surface area contributed by atoms with Gasteiger partial charge in [0.25, 0.3) is 0 Å². The summed E-state index contributed by atoms with van der Waals surface area (Å²) >= 11 is 0. The molecule has 0 aliphatic heterocycles. The van der Waals surface area contributed by atoms with Crippen LogP contribution in [-0.4, -0.2) is 26.3 Å². The molecule has 1 saturated carbocycles. The Labute approximate surface area is 120 Å². The monoisotopic (exact) mass is 289 g/mol. The minimum Gasteiger partial charge on any atom is -0.207 e. The summed E-state index contributed by atoms with van der Waals surface area (Å²) in [4.78, 5) is 0.414. The molecular formula is C16H19NO2S. The lowest BCUT2D eigenvalue weighted by molar-refractivity contribution is 0.263. The van der Waals surface area contributed by atoms with E-state index in [1.54, 1.807) is 13.1 Å². The van der Waals surface area contributed by atoms with Crippen molar-refractivity contribution in [1.29, 1.82) is 0 Å². The molecule has 20 heavy (non-hydrogen) atoms. The van der Waals surface area contributed by atoms with E-state index in [1.165, 1.54) is 10.7 Å². The lowest BCUT2D eigenvalue weighted by Crippen LogP contribution is -2.34. The Balaban J connectivity index is 2.00. The molecule has 2 aromatic rings. The van der Waals surface area contributed by atoms with Crippen LogP contribution in [0.25, 0.3) is 10.8 Å². The molecule has 0 spiro atoms. The van der Waals surface area contributed by atoms with Gasteiger partial charge in [-0.1, -0.05) is 42.8 Å². The summed E-state index contributed by atoms with van der Waals surface area (Å²) in [5, 5.41) is 1.76. The summed E-state index contributed by atoms with van der Waals surface area (Å²) in [7, 11) is -1.71. The van der Waals surface area contributed by atoms with Crippen molar-refractivity contribution in [1.82, 2.24) is 4.31 Å². The number of nitrogens with zero attached hydrogens (tertiary/aromatic N) is 1. The van der Waals surface area contributed by atoms with Gasteiger partial charge in [-0.2, -0.15) is 0 Å². The zero-order valence-electron chi connectivity index (χ0n) is 11.6. The first kappa shape index (κ1) is 13.6. The van der Waals surface area contributed by atoms with Gasteiger partial charge in [0.05, 0.1) is 4.90 Å². The molecule has 1 fully saturated rings. The number of hydrogen-bond acceptors (Lipinski definition) is 2. The van der Waals surface area contributed by atoms with Crippen LogP contribution in [0.15, 0.2) is 47.4 Å². The van der Waals surface area contributed by atoms with Gasteiger partial charge in [0, 0.05) is 19.0 Å². The topological polar surface area (TPSA) is 37.4 Å². The van der Waals surface area contributed by atoms with Crippen LogP contribution in [0.2, 0.25) is 0 Å². The summed E-state index contributed by atoms with van der Waals surface area (Å²) in [6.45, 7) is 0.631. The van der Waals surface area contributed by atoms with Crippen molar-refractivity contribution in [3.05, 3.63) is 42.5 Å². The summed E-state index contributed by atoms with van der Waals surface area (Å²) in [6, 6.07) is 13.1. The average Bonchev–Trinajstić information content (AvgIpc) is 2.41. The van der Waals surface area contributed by atoms with E-state index in [0.29, 0.717) is 17.4 Å². The first-order valence-corrected chi connectivity index (χ1v) is 8.47. The third-order valence-corrected chi connectivity index (χ3v) is 6.06. The SMILES string of the molecule is CN(CC1CCC1)S(=O)(=O)c1cccc2ccccc12. The molecule has 1 aliphatic carbocycles. The molecule has 0 amide bonds. The molecule has 0 unspecified atom stereocenters. The van der Waals surface area contributed by atoms with Gasteiger partial charge in [0.2, 0.25) is 10.0 Å². The lowest BCUT2D eigenvalue weighted by Gasteiger charge is -2.29. The highest BCUT2D eigenvalue weighted by Gasteiger charge is 2.27. The summed E-state index contributed by atoms with van der Waals surface area (Å²) in [5.74, 6) is 0.532. The highest BCUT2D eigenvalue weighted by atomic mass is 32.2. The van der Waals surface area contributed by atoms with Gasteiger partial charge in [-0.25, -0.2) is 12.7 Å². The molecule has 1 aliphatic rings. The second-order valence-corrected chi connectivity index (χ2v) is 7.57. The van der Waals surface area contributed by atoms with Gasteiger partial charge in [0.1, 0.15) is 0 Å². The van der Waals surface area contributed by atoms with E-state index in [1.807, 2.05) is 36.4 Å². The van der Waals surface area contributed by atoms with Crippen molar-refractivity contribution in [3.63, 3.8) is 0 Å². The van der Waals surface area contributed by atoms with Crippen molar-refractivity contribution >= 4 is 20.8 Å². The van der Waals surface area contributed by atoms with Crippen LogP contribution < -0.4 is 0 Å². The zero-order valence-corrected chi connectivity index (χ0v) is 12.4. The smallest absolute Gasteiger partial charge is 0.207 e. The zero-order chi connectivity index (χ0) is 14.2. The predicted octanol–water partition coefficient (Wildman–Crippen LogP) is 3.26. The highest BCUT2D eigenvalue weighted by Crippen LogP contribution is 2.30. The Hall–Kier alpha value is -1.39. The molecule has 3 rings (SSSR count). The molecule has 4 heteroatoms. The maximum absolute atomic E-state index is 12.7. The van der Waals surface area contributed by atoms with E-state index in [4.69, 9.17) is 0 Å². The van der Waals surface area contributed by atoms with Crippen LogP contribution in [0.1, 0.15) is 19.3 Å². The molecule has 0 N–H and O–H groups in total. The highest BCUT2D eigenvalue weighted by molar-refractivity contribution is 7.89. The van der Waals surface area contributed by atoms with E-state index in [2.05, 4.69) is 0 Å². The van der Waals surface area contributed by atoms with Gasteiger partial charge < -0.3 is 0 Å². The minimum atomic E-state index is -3.40. The van der Waals surface area contributed by atoms with Crippen molar-refractivity contribution in [3.8, 4) is 0 Å². The fourth-order valence-corrected chi connectivity index (χ4v) is 4.18. The Kier molecular flexibility index (Phi) is 3.52. The second-order valence-electron chi connectivity index (χ2n) is 5.56. The molecule has 0 atom stereocenters. The Bertz CT molecular complexity index is 715. The molecule has 3 nitrogen and oxygen atoms in total. The Morgan fingerprint density at radius 1 is 1.10 bits per heavy atom. The van der Waals surface area contributed by atoms with E-state index in [0.717, 1.165) is 23.6 Å². The average molecular weight is 289 g/mol. The van der Waals surface area contributed by atoms with Crippen molar-refractivity contribution in [2.45, 2.75) is 24.2 Å². The van der Waals surface area contributed by atoms with Gasteiger partial charge in [-0.3, -0.25) is 0 Å². The molecular weight excluding hydrogens is 270 g/mol.